The molecule has 15 N–H and O–H groups in total. The normalized spacial score (nSPS) is 18.7. The highest BCUT2D eigenvalue weighted by Crippen LogP contribution is 2.22. The number of nitrogens with zero attached hydrogens (tertiary/aromatic N) is 2. The summed E-state index contributed by atoms with van der Waals surface area (Å²) in [5, 5.41) is 51.8. The number of carboxylic acids is 1. The highest BCUT2D eigenvalue weighted by Gasteiger charge is 2.42. The maximum absolute atomic E-state index is 13.9. The van der Waals surface area contributed by atoms with E-state index >= 15 is 0 Å². The number of nitrogens with one attached hydrogen (secondary N) is 13. The number of carbonyl (C=O) groups excluding carboxylic acids is 14. The summed E-state index contributed by atoms with van der Waals surface area (Å²) in [6, 6.07) is -10.9. The lowest BCUT2D eigenvalue weighted by Gasteiger charge is -2.32. The van der Waals surface area contributed by atoms with Crippen LogP contribution in [0.5, 0.6) is 0 Å². The van der Waals surface area contributed by atoms with E-state index in [9.17, 15) is 82.1 Å². The van der Waals surface area contributed by atoms with Crippen LogP contribution in [0.2, 0.25) is 0 Å². The Morgan fingerprint density at radius 2 is 0.943 bits per heavy atom. The Morgan fingerprint density at radius 1 is 0.471 bits per heavy atom. The first-order valence-corrected chi connectivity index (χ1v) is 29.9. The van der Waals surface area contributed by atoms with Crippen molar-refractivity contribution in [2.75, 3.05) is 64.7 Å². The van der Waals surface area contributed by atoms with Crippen molar-refractivity contribution in [3.05, 3.63) is 0 Å². The molecule has 0 unspecified atom stereocenters. The SMILES string of the molecule is CC(C)C[C@H](NC(=O)[C@H](CO)NC(=O)[C@@H]1CCCN1C(=O)[C@@H](NC(=O)[C@H](C)NC(=O)[C@@H]1CCCN1)C(C)C)C(=O)NCC(=O)NCC(=O)NCC(=O)NCC(=O)NCC(=O)N[C@@H](CS)C(=O)N[C@@H](C)C(=O)N[C@@H](CC(C)C)C(=O)N1CCC[C@H]1C(=O)O. The first-order valence-electron chi connectivity index (χ1n) is 29.2. The molecule has 3 heterocycles. The number of likely N-dealkylation sites (tertiary alicyclic amines) is 2. The molecule has 32 nitrogen and oxygen atoms in total. The van der Waals surface area contributed by atoms with Crippen LogP contribution in [-0.2, 0) is 71.9 Å². The number of amides is 14. The summed E-state index contributed by atoms with van der Waals surface area (Å²) in [6.45, 7) is 10.3. The molecule has 87 heavy (non-hydrogen) atoms. The summed E-state index contributed by atoms with van der Waals surface area (Å²) < 4.78 is 0. The van der Waals surface area contributed by atoms with Gasteiger partial charge in [-0.15, -0.1) is 0 Å². The minimum absolute atomic E-state index is 0.0498. The Bertz CT molecular complexity index is 2500. The van der Waals surface area contributed by atoms with E-state index in [2.05, 4.69) is 81.7 Å². The topological polar surface area (TPSA) is 459 Å². The predicted octanol–water partition coefficient (Wildman–Crippen LogP) is -6.51. The van der Waals surface area contributed by atoms with Crippen LogP contribution in [0.15, 0.2) is 0 Å². The van der Waals surface area contributed by atoms with Crippen molar-refractivity contribution in [3.63, 3.8) is 0 Å². The van der Waals surface area contributed by atoms with Gasteiger partial charge < -0.3 is 89.1 Å². The van der Waals surface area contributed by atoms with Crippen molar-refractivity contribution in [2.24, 2.45) is 17.8 Å². The number of thiol groups is 1. The van der Waals surface area contributed by atoms with Gasteiger partial charge in [-0.2, -0.15) is 12.6 Å². The summed E-state index contributed by atoms with van der Waals surface area (Å²) in [6.07, 6.45) is 3.09. The Kier molecular flexibility index (Phi) is 30.8. The average molecular weight is 1250 g/mol. The zero-order valence-electron chi connectivity index (χ0n) is 50.6. The highest BCUT2D eigenvalue weighted by atomic mass is 32.1. The monoisotopic (exact) mass is 1250 g/mol. The molecule has 0 aromatic rings. The lowest BCUT2D eigenvalue weighted by Crippen LogP contribution is -2.60. The molecule has 0 aliphatic carbocycles. The van der Waals surface area contributed by atoms with Gasteiger partial charge in [0.15, 0.2) is 0 Å². The van der Waals surface area contributed by atoms with Gasteiger partial charge in [0.25, 0.3) is 0 Å². The molecule has 0 radical (unpaired) electrons. The number of aliphatic hydroxyl groups is 1. The molecular formula is C54H89N15O17S. The fourth-order valence-electron chi connectivity index (χ4n) is 9.55. The molecule has 10 atom stereocenters. The van der Waals surface area contributed by atoms with E-state index in [0.717, 1.165) is 6.42 Å². The Morgan fingerprint density at radius 3 is 1.44 bits per heavy atom. The molecule has 3 saturated heterocycles. The Labute approximate surface area is 510 Å². The largest absolute Gasteiger partial charge is 0.480 e. The van der Waals surface area contributed by atoms with E-state index in [-0.39, 0.29) is 62.3 Å². The zero-order chi connectivity index (χ0) is 65.2. The second-order valence-electron chi connectivity index (χ2n) is 22.8. The van der Waals surface area contributed by atoms with Gasteiger partial charge >= 0.3 is 5.97 Å². The van der Waals surface area contributed by atoms with Gasteiger partial charge in [0.05, 0.1) is 45.4 Å². The molecular weight excluding hydrogens is 1160 g/mol. The predicted molar refractivity (Wildman–Crippen MR) is 313 cm³/mol. The van der Waals surface area contributed by atoms with E-state index in [1.165, 1.54) is 23.6 Å². The Hall–Kier alpha value is -7.68. The summed E-state index contributed by atoms with van der Waals surface area (Å²) in [5.74, 6) is -12.4. The second-order valence-corrected chi connectivity index (χ2v) is 23.2. The van der Waals surface area contributed by atoms with Crippen LogP contribution in [-0.4, -0.2) is 234 Å². The lowest BCUT2D eigenvalue weighted by molar-refractivity contribution is -0.149. The second kappa shape index (κ2) is 36.5. The highest BCUT2D eigenvalue weighted by molar-refractivity contribution is 7.80. The molecule has 0 saturated carbocycles. The van der Waals surface area contributed by atoms with Gasteiger partial charge in [-0.3, -0.25) is 67.1 Å². The van der Waals surface area contributed by atoms with E-state index < -0.39 is 188 Å². The first kappa shape index (κ1) is 73.6. The number of aliphatic hydroxyl groups excluding tert-OH is 1. The van der Waals surface area contributed by atoms with Crippen LogP contribution in [0, 0.1) is 17.8 Å². The molecule has 0 aromatic heterocycles. The van der Waals surface area contributed by atoms with E-state index in [1.807, 2.05) is 13.8 Å². The quantitative estimate of drug-likeness (QED) is 0.0266. The number of carbonyl (C=O) groups is 15. The molecule has 3 aliphatic rings. The lowest BCUT2D eigenvalue weighted by atomic mass is 10.0. The molecule has 0 aromatic carbocycles. The standard InChI is InChI=1S/C54H89N15O17S/c1-27(2)18-33(64-49(80)35(25-70)66-51(82)37-13-10-16-68(37)53(84)44(29(5)6)67-46(77)31(8)61-48(79)32-12-9-15-55-32)47(78)60-23-42(74)58-21-40(72)56-20-39(71)57-22-41(73)59-24-43(75)63-36(26-87)50(81)62-30(7)45(76)65-34(19-28(3)4)52(83)69-17-11-14-38(69)54(85)86/h27-38,44,55,70,87H,9-26H2,1-8H3,(H,56,72)(H,57,71)(H,58,74)(H,59,73)(H,60,78)(H,61,79)(H,62,81)(H,63,75)(H,64,80)(H,65,76)(H,66,82)(H,67,77)(H,85,86)/t30-,31-,32-,33-,34-,35-,36-,37-,38-,44-/m0/s1. The van der Waals surface area contributed by atoms with Crippen molar-refractivity contribution in [1.29, 1.82) is 0 Å². The zero-order valence-corrected chi connectivity index (χ0v) is 51.5. The van der Waals surface area contributed by atoms with Crippen molar-refractivity contribution >= 4 is 101 Å². The van der Waals surface area contributed by atoms with Gasteiger partial charge in [0.1, 0.15) is 54.4 Å². The van der Waals surface area contributed by atoms with Crippen LogP contribution in [0.25, 0.3) is 0 Å². The maximum Gasteiger partial charge on any atom is 0.326 e. The molecule has 3 fully saturated rings. The summed E-state index contributed by atoms with van der Waals surface area (Å²) in [7, 11) is 0. The van der Waals surface area contributed by atoms with E-state index in [1.54, 1.807) is 27.7 Å². The minimum atomic E-state index is -1.58. The van der Waals surface area contributed by atoms with Gasteiger partial charge in [-0.05, 0) is 89.5 Å². The van der Waals surface area contributed by atoms with Gasteiger partial charge in [0, 0.05) is 18.8 Å². The van der Waals surface area contributed by atoms with Gasteiger partial charge in [0.2, 0.25) is 82.7 Å². The van der Waals surface area contributed by atoms with Gasteiger partial charge in [-0.25, -0.2) is 4.79 Å². The molecule has 3 aliphatic heterocycles. The first-order chi connectivity index (χ1) is 41.0. The smallest absolute Gasteiger partial charge is 0.326 e. The average Bonchev–Trinajstić information content (AvgIpc) is 2.72. The van der Waals surface area contributed by atoms with E-state index in [4.69, 9.17) is 0 Å². The fraction of sp³-hybridized carbons (Fsp3) is 0.722. The molecule has 33 heteroatoms. The number of rotatable bonds is 34. The number of hydrogen-bond acceptors (Lipinski definition) is 18. The third-order valence-electron chi connectivity index (χ3n) is 14.3. The molecule has 14 amide bonds. The van der Waals surface area contributed by atoms with Crippen LogP contribution >= 0.6 is 12.6 Å². The summed E-state index contributed by atoms with van der Waals surface area (Å²) in [4.78, 5) is 196. The van der Waals surface area contributed by atoms with Crippen molar-refractivity contribution in [1.82, 2.24) is 78.9 Å². The van der Waals surface area contributed by atoms with Crippen LogP contribution < -0.4 is 69.1 Å². The number of aliphatic carboxylic acids is 1. The van der Waals surface area contributed by atoms with E-state index in [0.29, 0.717) is 25.8 Å². The summed E-state index contributed by atoms with van der Waals surface area (Å²) >= 11 is 4.09. The fourth-order valence-corrected chi connectivity index (χ4v) is 9.81. The summed E-state index contributed by atoms with van der Waals surface area (Å²) in [5.41, 5.74) is 0. The van der Waals surface area contributed by atoms with Crippen LogP contribution in [0.4, 0.5) is 0 Å². The molecule has 3 rings (SSSR count). The number of carboxylic acid groups (broad SMARTS) is 1. The maximum atomic E-state index is 13.9. The van der Waals surface area contributed by atoms with Crippen molar-refractivity contribution in [3.8, 4) is 0 Å². The molecule has 0 spiro atoms. The van der Waals surface area contributed by atoms with Crippen molar-refractivity contribution in [2.45, 2.75) is 167 Å². The Balaban J connectivity index is 1.39. The third kappa shape index (κ3) is 24.5. The molecule has 488 valence electrons. The van der Waals surface area contributed by atoms with Crippen molar-refractivity contribution < 1.29 is 82.1 Å². The number of hydrogen-bond donors (Lipinski definition) is 16. The minimum Gasteiger partial charge on any atom is -0.480 e. The van der Waals surface area contributed by atoms with Crippen LogP contribution in [0.1, 0.15) is 107 Å². The molecule has 0 bridgehead atoms. The third-order valence-corrected chi connectivity index (χ3v) is 14.7. The van der Waals surface area contributed by atoms with Gasteiger partial charge in [-0.1, -0.05) is 41.5 Å². The van der Waals surface area contributed by atoms with Crippen LogP contribution in [0.3, 0.4) is 0 Å².